The average Bonchev–Trinajstić information content (AvgIpc) is 3.02. The number of carbonyl (C=O) groups excluding carboxylic acids is 2. The highest BCUT2D eigenvalue weighted by Gasteiger charge is 2.21. The Kier molecular flexibility index (Phi) is 5.39. The normalized spacial score (nSPS) is 15.3. The van der Waals surface area contributed by atoms with E-state index < -0.39 is 0 Å². The Labute approximate surface area is 152 Å². The van der Waals surface area contributed by atoms with E-state index in [0.717, 1.165) is 29.8 Å². The van der Waals surface area contributed by atoms with Crippen LogP contribution in [0, 0.1) is 0 Å². The molecule has 25 heavy (non-hydrogen) atoms. The summed E-state index contributed by atoms with van der Waals surface area (Å²) >= 11 is 5.89. The standard InChI is InChI=1S/C20H21ClN2O2/c1-14(16-6-8-17(21)9-7-16)22-19(24)13-15-4-10-18(11-5-15)23-12-2-3-20(23)25/h4-11,14H,2-3,12-13H2,1H3,(H,22,24)/t14-/m0/s1. The number of nitrogens with zero attached hydrogens (tertiary/aromatic N) is 1. The Hall–Kier alpha value is -2.33. The van der Waals surface area contributed by atoms with Crippen LogP contribution in [0.25, 0.3) is 0 Å². The number of carbonyl (C=O) groups is 2. The number of rotatable bonds is 5. The van der Waals surface area contributed by atoms with Gasteiger partial charge in [-0.05, 0) is 48.7 Å². The molecule has 5 heteroatoms. The molecule has 0 saturated carbocycles. The number of nitrogens with one attached hydrogen (secondary N) is 1. The van der Waals surface area contributed by atoms with Crippen molar-refractivity contribution in [2.45, 2.75) is 32.2 Å². The van der Waals surface area contributed by atoms with E-state index in [2.05, 4.69) is 5.32 Å². The van der Waals surface area contributed by atoms with E-state index >= 15 is 0 Å². The molecule has 1 aliphatic heterocycles. The van der Waals surface area contributed by atoms with Crippen LogP contribution in [0.2, 0.25) is 5.02 Å². The zero-order valence-electron chi connectivity index (χ0n) is 14.2. The lowest BCUT2D eigenvalue weighted by Gasteiger charge is -2.17. The molecule has 1 saturated heterocycles. The first-order chi connectivity index (χ1) is 12.0. The van der Waals surface area contributed by atoms with Gasteiger partial charge < -0.3 is 10.2 Å². The monoisotopic (exact) mass is 356 g/mol. The summed E-state index contributed by atoms with van der Waals surface area (Å²) in [6.45, 7) is 2.72. The number of amides is 2. The molecule has 1 N–H and O–H groups in total. The molecule has 2 aromatic carbocycles. The predicted octanol–water partition coefficient (Wildman–Crippen LogP) is 3.89. The minimum atomic E-state index is -0.0775. The first-order valence-electron chi connectivity index (χ1n) is 8.47. The zero-order chi connectivity index (χ0) is 17.8. The van der Waals surface area contributed by atoms with Gasteiger partial charge in [-0.2, -0.15) is 0 Å². The summed E-state index contributed by atoms with van der Waals surface area (Å²) in [5, 5.41) is 3.67. The first kappa shape index (κ1) is 17.5. The van der Waals surface area contributed by atoms with Gasteiger partial charge in [-0.15, -0.1) is 0 Å². The third-order valence-electron chi connectivity index (χ3n) is 4.43. The minimum Gasteiger partial charge on any atom is -0.349 e. The molecule has 0 radical (unpaired) electrons. The van der Waals surface area contributed by atoms with Crippen molar-refractivity contribution < 1.29 is 9.59 Å². The van der Waals surface area contributed by atoms with Crippen LogP contribution in [-0.4, -0.2) is 18.4 Å². The molecule has 0 unspecified atom stereocenters. The van der Waals surface area contributed by atoms with Crippen LogP contribution in [0.3, 0.4) is 0 Å². The van der Waals surface area contributed by atoms with Gasteiger partial charge in [0.1, 0.15) is 0 Å². The van der Waals surface area contributed by atoms with E-state index in [4.69, 9.17) is 11.6 Å². The third-order valence-corrected chi connectivity index (χ3v) is 4.69. The van der Waals surface area contributed by atoms with Gasteiger partial charge in [0.25, 0.3) is 0 Å². The third kappa shape index (κ3) is 4.40. The largest absolute Gasteiger partial charge is 0.349 e. The van der Waals surface area contributed by atoms with Gasteiger partial charge in [-0.1, -0.05) is 35.9 Å². The van der Waals surface area contributed by atoms with Crippen molar-refractivity contribution in [3.8, 4) is 0 Å². The van der Waals surface area contributed by atoms with Crippen molar-refractivity contribution >= 4 is 29.1 Å². The Morgan fingerprint density at radius 1 is 1.16 bits per heavy atom. The summed E-state index contributed by atoms with van der Waals surface area (Å²) in [5.74, 6) is 0.134. The second-order valence-corrected chi connectivity index (χ2v) is 6.77. The molecule has 0 bridgehead atoms. The highest BCUT2D eigenvalue weighted by atomic mass is 35.5. The number of anilines is 1. The van der Waals surface area contributed by atoms with Crippen molar-refractivity contribution in [2.24, 2.45) is 0 Å². The molecule has 130 valence electrons. The fourth-order valence-electron chi connectivity index (χ4n) is 3.03. The van der Waals surface area contributed by atoms with E-state index in [0.29, 0.717) is 17.9 Å². The summed E-state index contributed by atoms with van der Waals surface area (Å²) in [4.78, 5) is 25.8. The van der Waals surface area contributed by atoms with Gasteiger partial charge in [0.15, 0.2) is 0 Å². The Morgan fingerprint density at radius 2 is 1.84 bits per heavy atom. The fraction of sp³-hybridized carbons (Fsp3) is 0.300. The predicted molar refractivity (Wildman–Crippen MR) is 99.7 cm³/mol. The van der Waals surface area contributed by atoms with Gasteiger partial charge in [-0.3, -0.25) is 9.59 Å². The minimum absolute atomic E-state index is 0.0348. The maximum absolute atomic E-state index is 12.3. The molecule has 4 nitrogen and oxygen atoms in total. The van der Waals surface area contributed by atoms with Crippen molar-refractivity contribution in [1.29, 1.82) is 0 Å². The van der Waals surface area contributed by atoms with E-state index in [1.165, 1.54) is 0 Å². The Balaban J connectivity index is 1.57. The zero-order valence-corrected chi connectivity index (χ0v) is 14.9. The van der Waals surface area contributed by atoms with Crippen LogP contribution in [0.1, 0.15) is 36.9 Å². The molecule has 1 aliphatic rings. The average molecular weight is 357 g/mol. The van der Waals surface area contributed by atoms with E-state index in [9.17, 15) is 9.59 Å². The summed E-state index contributed by atoms with van der Waals surface area (Å²) in [7, 11) is 0. The van der Waals surface area contributed by atoms with Gasteiger partial charge in [0, 0.05) is 23.7 Å². The lowest BCUT2D eigenvalue weighted by molar-refractivity contribution is -0.121. The first-order valence-corrected chi connectivity index (χ1v) is 8.85. The summed E-state index contributed by atoms with van der Waals surface area (Å²) in [6, 6.07) is 15.0. The maximum atomic E-state index is 12.3. The second kappa shape index (κ2) is 7.70. The molecule has 2 amide bonds. The van der Waals surface area contributed by atoms with Crippen molar-refractivity contribution in [1.82, 2.24) is 5.32 Å². The fourth-order valence-corrected chi connectivity index (χ4v) is 3.15. The molecule has 0 aromatic heterocycles. The lowest BCUT2D eigenvalue weighted by atomic mass is 10.1. The molecule has 1 heterocycles. The molecule has 0 spiro atoms. The molecule has 1 atom stereocenters. The highest BCUT2D eigenvalue weighted by Crippen LogP contribution is 2.22. The van der Waals surface area contributed by atoms with Crippen molar-refractivity contribution in [3.05, 3.63) is 64.7 Å². The SMILES string of the molecule is C[C@H](NC(=O)Cc1ccc(N2CCCC2=O)cc1)c1ccc(Cl)cc1. The number of benzene rings is 2. The lowest BCUT2D eigenvalue weighted by Crippen LogP contribution is -2.28. The molecule has 2 aromatic rings. The van der Waals surface area contributed by atoms with Gasteiger partial charge >= 0.3 is 0 Å². The van der Waals surface area contributed by atoms with Gasteiger partial charge in [-0.25, -0.2) is 0 Å². The van der Waals surface area contributed by atoms with E-state index in [1.807, 2.05) is 55.5 Å². The van der Waals surface area contributed by atoms with Gasteiger partial charge in [0.05, 0.1) is 12.5 Å². The van der Waals surface area contributed by atoms with E-state index in [1.54, 1.807) is 4.90 Å². The van der Waals surface area contributed by atoms with Crippen LogP contribution >= 0.6 is 11.6 Å². The molecule has 1 fully saturated rings. The van der Waals surface area contributed by atoms with E-state index in [-0.39, 0.29) is 17.9 Å². The molecular formula is C20H21ClN2O2. The van der Waals surface area contributed by atoms with Crippen LogP contribution in [0.4, 0.5) is 5.69 Å². The summed E-state index contributed by atoms with van der Waals surface area (Å²) < 4.78 is 0. The number of hydrogen-bond donors (Lipinski definition) is 1. The number of halogens is 1. The molecular weight excluding hydrogens is 336 g/mol. The van der Waals surface area contributed by atoms with Crippen molar-refractivity contribution in [2.75, 3.05) is 11.4 Å². The maximum Gasteiger partial charge on any atom is 0.227 e. The number of hydrogen-bond acceptors (Lipinski definition) is 2. The molecule has 3 rings (SSSR count). The van der Waals surface area contributed by atoms with Crippen LogP contribution in [-0.2, 0) is 16.0 Å². The smallest absolute Gasteiger partial charge is 0.227 e. The van der Waals surface area contributed by atoms with Crippen molar-refractivity contribution in [3.63, 3.8) is 0 Å². The van der Waals surface area contributed by atoms with Crippen LogP contribution < -0.4 is 10.2 Å². The van der Waals surface area contributed by atoms with Crippen LogP contribution in [0.5, 0.6) is 0 Å². The Morgan fingerprint density at radius 3 is 2.44 bits per heavy atom. The second-order valence-electron chi connectivity index (χ2n) is 6.33. The van der Waals surface area contributed by atoms with Gasteiger partial charge in [0.2, 0.25) is 11.8 Å². The summed E-state index contributed by atoms with van der Waals surface area (Å²) in [5.41, 5.74) is 2.85. The summed E-state index contributed by atoms with van der Waals surface area (Å²) in [6.07, 6.45) is 1.84. The Bertz CT molecular complexity index is 756. The quantitative estimate of drug-likeness (QED) is 0.883. The highest BCUT2D eigenvalue weighted by molar-refractivity contribution is 6.30. The molecule has 0 aliphatic carbocycles. The van der Waals surface area contributed by atoms with Crippen LogP contribution in [0.15, 0.2) is 48.5 Å². The topological polar surface area (TPSA) is 49.4 Å².